The number of hydrogen-bond donors (Lipinski definition) is 3. The van der Waals surface area contributed by atoms with Crippen molar-refractivity contribution in [1.29, 1.82) is 0 Å². The number of amides is 1. The smallest absolute Gasteiger partial charge is 0.322 e. The van der Waals surface area contributed by atoms with Crippen LogP contribution in [0, 0.1) is 12.7 Å². The van der Waals surface area contributed by atoms with Crippen LogP contribution in [-0.4, -0.2) is 39.1 Å². The topological polar surface area (TPSA) is 109 Å². The fourth-order valence-corrected chi connectivity index (χ4v) is 3.44. The number of phenolic OH excluding ortho intramolecular Hbond substituents is 1. The lowest BCUT2D eigenvalue weighted by Gasteiger charge is -2.13. The van der Waals surface area contributed by atoms with E-state index in [2.05, 4.69) is 5.32 Å². The van der Waals surface area contributed by atoms with Crippen LogP contribution in [0.25, 0.3) is 10.9 Å². The third-order valence-electron chi connectivity index (χ3n) is 4.75. The number of fused-ring (bicyclic) bond motifs is 1. The molecule has 29 heavy (non-hydrogen) atoms. The van der Waals surface area contributed by atoms with Crippen molar-refractivity contribution in [1.82, 2.24) is 9.88 Å². The van der Waals surface area contributed by atoms with E-state index in [4.69, 9.17) is 5.11 Å². The van der Waals surface area contributed by atoms with Crippen LogP contribution in [0.5, 0.6) is 5.75 Å². The van der Waals surface area contributed by atoms with E-state index in [0.717, 1.165) is 6.07 Å². The number of carbonyl (C=O) groups is 3. The number of carboxylic acids is 1. The molecule has 150 valence electrons. The maximum Gasteiger partial charge on any atom is 0.322 e. The van der Waals surface area contributed by atoms with Crippen molar-refractivity contribution >= 4 is 28.7 Å². The highest BCUT2D eigenvalue weighted by Crippen LogP contribution is 2.34. The third-order valence-corrected chi connectivity index (χ3v) is 4.75. The highest BCUT2D eigenvalue weighted by atomic mass is 19.1. The molecule has 7 nitrogen and oxygen atoms in total. The standard InChI is InChI=1S/C21H19FN2O5/c1-11(20(28)23-10-18(26)27)19-12(2)24(17-7-6-15(25)9-16(17)19)21(29)13-4-3-5-14(22)8-13/h3-9,11,25H,10H2,1-2H3,(H,23,28)(H,26,27). The highest BCUT2D eigenvalue weighted by molar-refractivity contribution is 6.05. The Balaban J connectivity index is 2.15. The van der Waals surface area contributed by atoms with Gasteiger partial charge in [-0.1, -0.05) is 6.07 Å². The number of nitrogens with zero attached hydrogens (tertiary/aromatic N) is 1. The minimum atomic E-state index is -1.18. The molecule has 3 rings (SSSR count). The summed E-state index contributed by atoms with van der Waals surface area (Å²) in [7, 11) is 0. The van der Waals surface area contributed by atoms with Crippen LogP contribution in [-0.2, 0) is 9.59 Å². The van der Waals surface area contributed by atoms with Crippen molar-refractivity contribution in [3.05, 3.63) is 65.1 Å². The number of halogens is 1. The molecular formula is C21H19FN2O5. The van der Waals surface area contributed by atoms with Crippen LogP contribution in [0.15, 0.2) is 42.5 Å². The molecule has 1 amide bonds. The lowest BCUT2D eigenvalue weighted by Crippen LogP contribution is -2.32. The zero-order valence-electron chi connectivity index (χ0n) is 15.8. The van der Waals surface area contributed by atoms with Crippen molar-refractivity contribution in [3.63, 3.8) is 0 Å². The molecule has 1 atom stereocenters. The van der Waals surface area contributed by atoms with E-state index in [9.17, 15) is 23.9 Å². The van der Waals surface area contributed by atoms with E-state index in [0.29, 0.717) is 22.2 Å². The van der Waals surface area contributed by atoms with Gasteiger partial charge in [-0.25, -0.2) is 4.39 Å². The van der Waals surface area contributed by atoms with E-state index in [1.165, 1.54) is 34.9 Å². The summed E-state index contributed by atoms with van der Waals surface area (Å²) in [6.07, 6.45) is 0. The molecule has 1 aromatic heterocycles. The highest BCUT2D eigenvalue weighted by Gasteiger charge is 2.27. The van der Waals surface area contributed by atoms with Crippen LogP contribution in [0.1, 0.15) is 34.5 Å². The molecule has 0 fully saturated rings. The Kier molecular flexibility index (Phi) is 5.36. The lowest BCUT2D eigenvalue weighted by molar-refractivity contribution is -0.138. The van der Waals surface area contributed by atoms with Gasteiger partial charge in [-0.15, -0.1) is 0 Å². The summed E-state index contributed by atoms with van der Waals surface area (Å²) in [5.74, 6) is -3.58. The molecule has 0 saturated heterocycles. The summed E-state index contributed by atoms with van der Waals surface area (Å²) < 4.78 is 15.0. The first-order valence-electron chi connectivity index (χ1n) is 8.84. The van der Waals surface area contributed by atoms with Gasteiger partial charge in [0, 0.05) is 16.6 Å². The Bertz CT molecular complexity index is 1140. The zero-order valence-corrected chi connectivity index (χ0v) is 15.8. The molecule has 2 aromatic carbocycles. The van der Waals surface area contributed by atoms with E-state index in [1.54, 1.807) is 19.9 Å². The Labute approximate surface area is 165 Å². The SMILES string of the molecule is Cc1c(C(C)C(=O)NCC(=O)O)c2cc(O)ccc2n1C(=O)c1cccc(F)c1. The van der Waals surface area contributed by atoms with Crippen molar-refractivity contribution in [2.24, 2.45) is 0 Å². The molecule has 3 aromatic rings. The fourth-order valence-electron chi connectivity index (χ4n) is 3.44. The van der Waals surface area contributed by atoms with Gasteiger partial charge >= 0.3 is 5.97 Å². The van der Waals surface area contributed by atoms with Gasteiger partial charge in [-0.2, -0.15) is 0 Å². The quantitative estimate of drug-likeness (QED) is 0.612. The van der Waals surface area contributed by atoms with Crippen LogP contribution < -0.4 is 5.32 Å². The van der Waals surface area contributed by atoms with E-state index in [-0.39, 0.29) is 11.3 Å². The predicted octanol–water partition coefficient (Wildman–Crippen LogP) is 2.79. The van der Waals surface area contributed by atoms with Gasteiger partial charge in [0.2, 0.25) is 5.91 Å². The second-order valence-electron chi connectivity index (χ2n) is 6.68. The van der Waals surface area contributed by atoms with E-state index >= 15 is 0 Å². The van der Waals surface area contributed by atoms with Crippen LogP contribution in [0.3, 0.4) is 0 Å². The second kappa shape index (κ2) is 7.75. The monoisotopic (exact) mass is 398 g/mol. The number of hydrogen-bond acceptors (Lipinski definition) is 4. The van der Waals surface area contributed by atoms with Gasteiger partial charge in [-0.3, -0.25) is 19.0 Å². The maximum absolute atomic E-state index is 13.6. The summed E-state index contributed by atoms with van der Waals surface area (Å²) in [6.45, 7) is 2.69. The average molecular weight is 398 g/mol. The average Bonchev–Trinajstić information content (AvgIpc) is 2.95. The van der Waals surface area contributed by atoms with Crippen molar-refractivity contribution in [2.75, 3.05) is 6.54 Å². The van der Waals surface area contributed by atoms with E-state index < -0.39 is 36.1 Å². The predicted molar refractivity (Wildman–Crippen MR) is 104 cm³/mol. The number of nitrogens with one attached hydrogen (secondary N) is 1. The normalized spacial score (nSPS) is 12.0. The minimum absolute atomic E-state index is 0.0488. The molecule has 0 aliphatic heterocycles. The van der Waals surface area contributed by atoms with Gasteiger partial charge in [-0.05, 0) is 55.8 Å². The molecule has 0 saturated carbocycles. The van der Waals surface area contributed by atoms with Crippen LogP contribution >= 0.6 is 0 Å². The number of aromatic nitrogens is 1. The summed E-state index contributed by atoms with van der Waals surface area (Å²) in [5.41, 5.74) is 1.50. The lowest BCUT2D eigenvalue weighted by atomic mass is 9.97. The molecule has 0 aliphatic carbocycles. The van der Waals surface area contributed by atoms with Gasteiger partial charge in [0.1, 0.15) is 18.1 Å². The van der Waals surface area contributed by atoms with Crippen molar-refractivity contribution < 1.29 is 29.0 Å². The summed E-state index contributed by atoms with van der Waals surface area (Å²) >= 11 is 0. The number of carboxylic acid groups (broad SMARTS) is 1. The Hall–Kier alpha value is -3.68. The minimum Gasteiger partial charge on any atom is -0.508 e. The fraction of sp³-hybridized carbons (Fsp3) is 0.190. The Morgan fingerprint density at radius 1 is 1.17 bits per heavy atom. The first-order chi connectivity index (χ1) is 13.7. The molecule has 0 aliphatic rings. The van der Waals surface area contributed by atoms with Crippen molar-refractivity contribution in [3.8, 4) is 5.75 Å². The number of benzene rings is 2. The number of rotatable bonds is 5. The Morgan fingerprint density at radius 3 is 2.55 bits per heavy atom. The third kappa shape index (κ3) is 3.82. The molecule has 1 unspecified atom stereocenters. The first kappa shape index (κ1) is 20.1. The molecule has 3 N–H and O–H groups in total. The Morgan fingerprint density at radius 2 is 1.90 bits per heavy atom. The number of phenols is 1. The number of aliphatic carboxylic acids is 1. The summed E-state index contributed by atoms with van der Waals surface area (Å²) in [5, 5.41) is 21.5. The summed E-state index contributed by atoms with van der Waals surface area (Å²) in [4.78, 5) is 36.3. The van der Waals surface area contributed by atoms with Gasteiger partial charge in [0.25, 0.3) is 5.91 Å². The molecule has 0 bridgehead atoms. The molecule has 8 heteroatoms. The second-order valence-corrected chi connectivity index (χ2v) is 6.68. The van der Waals surface area contributed by atoms with Crippen molar-refractivity contribution in [2.45, 2.75) is 19.8 Å². The largest absolute Gasteiger partial charge is 0.508 e. The molecular weight excluding hydrogens is 379 g/mol. The van der Waals surface area contributed by atoms with Crippen LogP contribution in [0.4, 0.5) is 4.39 Å². The van der Waals surface area contributed by atoms with E-state index in [1.807, 2.05) is 0 Å². The zero-order chi connectivity index (χ0) is 21.3. The number of aromatic hydroxyl groups is 1. The molecule has 0 spiro atoms. The summed E-state index contributed by atoms with van der Waals surface area (Å²) in [6, 6.07) is 9.66. The first-order valence-corrected chi connectivity index (χ1v) is 8.84. The molecule has 0 radical (unpaired) electrons. The van der Waals surface area contributed by atoms with Gasteiger partial charge in [0.15, 0.2) is 0 Å². The number of carbonyl (C=O) groups excluding carboxylic acids is 2. The molecule has 1 heterocycles. The van der Waals surface area contributed by atoms with Gasteiger partial charge < -0.3 is 15.5 Å². The maximum atomic E-state index is 13.6. The van der Waals surface area contributed by atoms with Gasteiger partial charge in [0.05, 0.1) is 11.4 Å². The van der Waals surface area contributed by atoms with Crippen LogP contribution in [0.2, 0.25) is 0 Å².